The highest BCUT2D eigenvalue weighted by Gasteiger charge is 2.30. The number of benzene rings is 1. The third-order valence-electron chi connectivity index (χ3n) is 5.93. The zero-order valence-electron chi connectivity index (χ0n) is 17.7. The van der Waals surface area contributed by atoms with E-state index in [-0.39, 0.29) is 0 Å². The predicted molar refractivity (Wildman–Crippen MR) is 124 cm³/mol. The fraction of sp³-hybridized carbons (Fsp3) is 0.217. The number of rotatable bonds is 4. The van der Waals surface area contributed by atoms with Crippen LogP contribution in [0.1, 0.15) is 0 Å². The Labute approximate surface area is 193 Å². The molecule has 0 radical (unpaired) electrons. The molecule has 0 spiro atoms. The lowest BCUT2D eigenvalue weighted by molar-refractivity contribution is -0.142. The van der Waals surface area contributed by atoms with E-state index in [2.05, 4.69) is 15.2 Å². The van der Waals surface area contributed by atoms with Crippen LogP contribution in [0.2, 0.25) is 5.02 Å². The Hall–Kier alpha value is -3.56. The van der Waals surface area contributed by atoms with E-state index in [4.69, 9.17) is 16.6 Å². The number of aliphatic carboxylic acids is 1. The number of aromatic nitrogens is 4. The lowest BCUT2D eigenvalue weighted by Crippen LogP contribution is -2.55. The zero-order valence-corrected chi connectivity index (χ0v) is 18.4. The van der Waals surface area contributed by atoms with Crippen molar-refractivity contribution in [1.82, 2.24) is 25.1 Å². The summed E-state index contributed by atoms with van der Waals surface area (Å²) >= 11 is 6.07. The van der Waals surface area contributed by atoms with Crippen molar-refractivity contribution in [2.75, 3.05) is 31.6 Å². The van der Waals surface area contributed by atoms with Crippen molar-refractivity contribution in [3.8, 4) is 22.5 Å². The molecule has 3 aromatic heterocycles. The first-order valence-electron chi connectivity index (χ1n) is 10.3. The number of hydrogen-bond acceptors (Lipinski definition) is 6. The molecule has 0 unspecified atom stereocenters. The van der Waals surface area contributed by atoms with Crippen LogP contribution in [0, 0.1) is 5.82 Å². The molecule has 1 atom stereocenters. The average molecular weight is 467 g/mol. The Bertz CT molecular complexity index is 1360. The van der Waals surface area contributed by atoms with Gasteiger partial charge < -0.3 is 10.0 Å². The number of hydrogen-bond donors (Lipinski definition) is 2. The van der Waals surface area contributed by atoms with Crippen molar-refractivity contribution >= 4 is 34.3 Å². The number of fused-ring (bicyclic) bond motifs is 1. The van der Waals surface area contributed by atoms with Gasteiger partial charge >= 0.3 is 5.97 Å². The number of piperazine rings is 1. The van der Waals surface area contributed by atoms with Crippen LogP contribution < -0.4 is 4.90 Å². The number of likely N-dealkylation sites (N-methyl/N-ethyl adjacent to an activating group) is 1. The number of nitrogens with zero attached hydrogens (tertiary/aromatic N) is 5. The van der Waals surface area contributed by atoms with Crippen LogP contribution in [-0.4, -0.2) is 68.9 Å². The maximum atomic E-state index is 14.5. The second-order valence-corrected chi connectivity index (χ2v) is 8.43. The minimum absolute atomic E-state index is 0.306. The first-order chi connectivity index (χ1) is 15.9. The van der Waals surface area contributed by atoms with E-state index in [1.54, 1.807) is 18.5 Å². The summed E-state index contributed by atoms with van der Waals surface area (Å²) in [5.74, 6) is -1.27. The molecule has 0 amide bonds. The van der Waals surface area contributed by atoms with Gasteiger partial charge in [0.05, 0.1) is 40.5 Å². The van der Waals surface area contributed by atoms with Crippen LogP contribution in [0.15, 0.2) is 48.8 Å². The van der Waals surface area contributed by atoms with E-state index >= 15 is 0 Å². The predicted octanol–water partition coefficient (Wildman–Crippen LogP) is 3.68. The maximum absolute atomic E-state index is 14.5. The van der Waals surface area contributed by atoms with E-state index < -0.39 is 17.8 Å². The number of nitrogens with one attached hydrogen (secondary N) is 1. The number of pyridine rings is 2. The number of carbonyl (C=O) groups is 1. The summed E-state index contributed by atoms with van der Waals surface area (Å²) in [4.78, 5) is 24.7. The van der Waals surface area contributed by atoms with Crippen LogP contribution >= 0.6 is 11.6 Å². The van der Waals surface area contributed by atoms with Gasteiger partial charge in [0, 0.05) is 35.8 Å². The van der Waals surface area contributed by atoms with Crippen LogP contribution in [0.3, 0.4) is 0 Å². The van der Waals surface area contributed by atoms with Crippen molar-refractivity contribution in [2.45, 2.75) is 6.04 Å². The van der Waals surface area contributed by atoms with Gasteiger partial charge in [-0.3, -0.25) is 19.8 Å². The summed E-state index contributed by atoms with van der Waals surface area (Å²) in [6.07, 6.45) is 3.33. The molecule has 2 N–H and O–H groups in total. The van der Waals surface area contributed by atoms with Gasteiger partial charge in [-0.05, 0) is 43.4 Å². The summed E-state index contributed by atoms with van der Waals surface area (Å²) in [5, 5.41) is 16.9. The molecule has 4 heterocycles. The van der Waals surface area contributed by atoms with Gasteiger partial charge in [-0.2, -0.15) is 5.10 Å². The minimum atomic E-state index is -0.850. The number of aromatic amines is 1. The van der Waals surface area contributed by atoms with Crippen LogP contribution in [-0.2, 0) is 4.79 Å². The molecular formula is C23H20ClFN6O2. The Kier molecular flexibility index (Phi) is 5.43. The molecule has 1 fully saturated rings. The molecule has 8 nitrogen and oxygen atoms in total. The summed E-state index contributed by atoms with van der Waals surface area (Å²) < 4.78 is 14.5. The second kappa shape index (κ2) is 8.42. The van der Waals surface area contributed by atoms with Crippen molar-refractivity contribution < 1.29 is 14.3 Å². The molecule has 5 rings (SSSR count). The fourth-order valence-corrected chi connectivity index (χ4v) is 4.24. The van der Waals surface area contributed by atoms with Gasteiger partial charge in [0.2, 0.25) is 0 Å². The smallest absolute Gasteiger partial charge is 0.322 e. The molecule has 10 heteroatoms. The maximum Gasteiger partial charge on any atom is 0.322 e. The number of carboxylic acids is 1. The Morgan fingerprint density at radius 2 is 2.00 bits per heavy atom. The van der Waals surface area contributed by atoms with Crippen molar-refractivity contribution in [2.24, 2.45) is 0 Å². The molecular weight excluding hydrogens is 447 g/mol. The molecule has 4 aromatic rings. The topological polar surface area (TPSA) is 98.2 Å². The highest BCUT2D eigenvalue weighted by Crippen LogP contribution is 2.33. The normalized spacial score (nSPS) is 16.9. The summed E-state index contributed by atoms with van der Waals surface area (Å²) in [7, 11) is 1.81. The van der Waals surface area contributed by atoms with Crippen LogP contribution in [0.25, 0.3) is 33.5 Å². The number of anilines is 1. The van der Waals surface area contributed by atoms with E-state index in [0.29, 0.717) is 58.2 Å². The van der Waals surface area contributed by atoms with Gasteiger partial charge in [0.15, 0.2) is 0 Å². The zero-order chi connectivity index (χ0) is 23.1. The number of carboxylic acid groups (broad SMARTS) is 1. The average Bonchev–Trinajstić information content (AvgIpc) is 3.30. The SMILES string of the molecule is CN1CCN(c2cnc3ccc(-c4cn[nH]c4-c4cc(Cl)ccc4F)nc3c2)C[C@@H]1C(=O)O. The fourth-order valence-electron chi connectivity index (χ4n) is 4.07. The standard InChI is InChI=1S/C23H20ClFN6O2/c1-30-6-7-31(12-21(30)23(32)33)14-9-20-19(26-10-14)5-4-18(28-20)16-11-27-29-22(16)15-8-13(24)2-3-17(15)25/h2-5,8-11,21H,6-7,12H2,1H3,(H,27,29)(H,32,33)/t21-/m1/s1. The summed E-state index contributed by atoms with van der Waals surface area (Å²) in [5.41, 5.74) is 4.18. The summed E-state index contributed by atoms with van der Waals surface area (Å²) in [6.45, 7) is 1.68. The van der Waals surface area contributed by atoms with Gasteiger partial charge in [0.1, 0.15) is 11.9 Å². The molecule has 33 heavy (non-hydrogen) atoms. The van der Waals surface area contributed by atoms with Crippen molar-refractivity contribution in [1.29, 1.82) is 0 Å². The largest absolute Gasteiger partial charge is 0.480 e. The minimum Gasteiger partial charge on any atom is -0.480 e. The van der Waals surface area contributed by atoms with Gasteiger partial charge in [0.25, 0.3) is 0 Å². The van der Waals surface area contributed by atoms with E-state index in [9.17, 15) is 14.3 Å². The van der Waals surface area contributed by atoms with Crippen molar-refractivity contribution in [3.05, 3.63) is 59.6 Å². The lowest BCUT2D eigenvalue weighted by Gasteiger charge is -2.38. The highest BCUT2D eigenvalue weighted by atomic mass is 35.5. The van der Waals surface area contributed by atoms with E-state index in [0.717, 1.165) is 5.69 Å². The van der Waals surface area contributed by atoms with Crippen LogP contribution in [0.4, 0.5) is 10.1 Å². The monoisotopic (exact) mass is 466 g/mol. The Morgan fingerprint density at radius 1 is 1.15 bits per heavy atom. The van der Waals surface area contributed by atoms with E-state index in [1.165, 1.54) is 12.1 Å². The van der Waals surface area contributed by atoms with E-state index in [1.807, 2.05) is 35.0 Å². The molecule has 0 bridgehead atoms. The Balaban J connectivity index is 1.52. The molecule has 1 aliphatic heterocycles. The second-order valence-electron chi connectivity index (χ2n) is 7.99. The quantitative estimate of drug-likeness (QED) is 0.473. The van der Waals surface area contributed by atoms with Gasteiger partial charge in [-0.15, -0.1) is 0 Å². The first kappa shape index (κ1) is 21.3. The molecule has 1 aliphatic rings. The molecule has 1 saturated heterocycles. The first-order valence-corrected chi connectivity index (χ1v) is 10.7. The van der Waals surface area contributed by atoms with Crippen molar-refractivity contribution in [3.63, 3.8) is 0 Å². The van der Waals surface area contributed by atoms with Gasteiger partial charge in [-0.1, -0.05) is 11.6 Å². The van der Waals surface area contributed by atoms with Crippen LogP contribution in [0.5, 0.6) is 0 Å². The molecule has 1 aromatic carbocycles. The summed E-state index contributed by atoms with van der Waals surface area (Å²) in [6, 6.07) is 9.31. The number of halogens is 2. The molecule has 0 saturated carbocycles. The highest BCUT2D eigenvalue weighted by molar-refractivity contribution is 6.30. The third kappa shape index (κ3) is 4.01. The molecule has 0 aliphatic carbocycles. The lowest BCUT2D eigenvalue weighted by atomic mass is 10.0. The van der Waals surface area contributed by atoms with Gasteiger partial charge in [-0.25, -0.2) is 9.37 Å². The molecule has 168 valence electrons. The number of H-pyrrole nitrogens is 1. The third-order valence-corrected chi connectivity index (χ3v) is 6.17. The Morgan fingerprint density at radius 3 is 2.82 bits per heavy atom.